The van der Waals surface area contributed by atoms with E-state index in [0.717, 1.165) is 31.7 Å². The molecule has 0 bridgehead atoms. The third-order valence-corrected chi connectivity index (χ3v) is 4.46. The lowest BCUT2D eigenvalue weighted by Gasteiger charge is -2.39. The summed E-state index contributed by atoms with van der Waals surface area (Å²) in [6.45, 7) is 1.63. The van der Waals surface area contributed by atoms with Crippen molar-refractivity contribution in [1.82, 2.24) is 0 Å². The monoisotopic (exact) mass is 295 g/mol. The van der Waals surface area contributed by atoms with Crippen LogP contribution in [0, 0.1) is 0 Å². The first kappa shape index (κ1) is 13.5. The Morgan fingerprint density at radius 1 is 1.45 bits per heavy atom. The van der Waals surface area contributed by atoms with Gasteiger partial charge in [0.1, 0.15) is 0 Å². The van der Waals surface area contributed by atoms with Crippen molar-refractivity contribution in [3.63, 3.8) is 0 Å². The maximum atomic E-state index is 8.73. The molecule has 1 aliphatic carbocycles. The van der Waals surface area contributed by atoms with E-state index in [4.69, 9.17) is 27.3 Å². The molecule has 20 heavy (non-hydrogen) atoms. The van der Waals surface area contributed by atoms with E-state index in [0.29, 0.717) is 22.7 Å². The minimum absolute atomic E-state index is 0.0299. The van der Waals surface area contributed by atoms with E-state index >= 15 is 0 Å². The van der Waals surface area contributed by atoms with E-state index in [2.05, 4.69) is 10.1 Å². The molecule has 3 N–H and O–H groups in total. The van der Waals surface area contributed by atoms with E-state index in [1.165, 1.54) is 6.42 Å². The Morgan fingerprint density at radius 2 is 2.30 bits per heavy atom. The SMILES string of the molecule is NC(=NO)c1ccc(N2CCOC3CCCC32)cc1Cl. The molecule has 1 aliphatic heterocycles. The maximum Gasteiger partial charge on any atom is 0.171 e. The molecule has 0 radical (unpaired) electrons. The fraction of sp³-hybridized carbons (Fsp3) is 0.500. The Balaban J connectivity index is 1.88. The van der Waals surface area contributed by atoms with Crippen LogP contribution in [0.4, 0.5) is 5.69 Å². The first-order chi connectivity index (χ1) is 9.70. The summed E-state index contributed by atoms with van der Waals surface area (Å²) in [6.07, 6.45) is 3.84. The van der Waals surface area contributed by atoms with Gasteiger partial charge in [-0.1, -0.05) is 16.8 Å². The average molecular weight is 296 g/mol. The van der Waals surface area contributed by atoms with E-state index in [-0.39, 0.29) is 5.84 Å². The topological polar surface area (TPSA) is 71.1 Å². The number of benzene rings is 1. The Bertz CT molecular complexity index is 535. The van der Waals surface area contributed by atoms with Crippen LogP contribution in [0.3, 0.4) is 0 Å². The largest absolute Gasteiger partial charge is 0.409 e. The first-order valence-corrected chi connectivity index (χ1v) is 7.24. The standard InChI is InChI=1S/C14H18ClN3O2/c15-11-8-9(4-5-10(11)14(16)17-19)18-6-7-20-13-3-1-2-12(13)18/h4-5,8,12-13,19H,1-3,6-7H2,(H2,16,17). The fourth-order valence-electron chi connectivity index (χ4n) is 3.19. The van der Waals surface area contributed by atoms with Gasteiger partial charge in [0.15, 0.2) is 5.84 Å². The third kappa shape index (κ3) is 2.31. The second-order valence-electron chi connectivity index (χ2n) is 5.25. The van der Waals surface area contributed by atoms with Crippen LogP contribution in [0.25, 0.3) is 0 Å². The number of ether oxygens (including phenoxy) is 1. The number of rotatable bonds is 2. The number of nitrogens with zero attached hydrogens (tertiary/aromatic N) is 2. The number of fused-ring (bicyclic) bond motifs is 1. The van der Waals surface area contributed by atoms with Gasteiger partial charge in [0, 0.05) is 17.8 Å². The number of amidine groups is 1. The van der Waals surface area contributed by atoms with Crippen molar-refractivity contribution in [2.45, 2.75) is 31.4 Å². The number of nitrogens with two attached hydrogens (primary N) is 1. The molecular formula is C14H18ClN3O2. The van der Waals surface area contributed by atoms with Gasteiger partial charge in [-0.25, -0.2) is 0 Å². The number of hydrogen-bond donors (Lipinski definition) is 2. The van der Waals surface area contributed by atoms with Crippen LogP contribution in [0.1, 0.15) is 24.8 Å². The van der Waals surface area contributed by atoms with Gasteiger partial charge in [0.2, 0.25) is 0 Å². The van der Waals surface area contributed by atoms with Crippen molar-refractivity contribution in [2.75, 3.05) is 18.1 Å². The van der Waals surface area contributed by atoms with Crippen molar-refractivity contribution < 1.29 is 9.94 Å². The summed E-state index contributed by atoms with van der Waals surface area (Å²) in [5.41, 5.74) is 7.22. The molecular weight excluding hydrogens is 278 g/mol. The van der Waals surface area contributed by atoms with Crippen LogP contribution in [0.2, 0.25) is 5.02 Å². The Morgan fingerprint density at radius 3 is 3.05 bits per heavy atom. The van der Waals surface area contributed by atoms with Crippen LogP contribution in [-0.2, 0) is 4.74 Å². The zero-order chi connectivity index (χ0) is 14.1. The Labute approximate surface area is 122 Å². The quantitative estimate of drug-likeness (QED) is 0.380. The van der Waals surface area contributed by atoms with Crippen LogP contribution in [0.5, 0.6) is 0 Å². The van der Waals surface area contributed by atoms with Gasteiger partial charge in [0.05, 0.1) is 23.8 Å². The molecule has 2 fully saturated rings. The van der Waals surface area contributed by atoms with Crippen molar-refractivity contribution in [3.8, 4) is 0 Å². The minimum Gasteiger partial charge on any atom is -0.409 e. The van der Waals surface area contributed by atoms with E-state index in [9.17, 15) is 0 Å². The summed E-state index contributed by atoms with van der Waals surface area (Å²) in [6, 6.07) is 6.09. The summed E-state index contributed by atoms with van der Waals surface area (Å²) in [4.78, 5) is 2.36. The molecule has 2 atom stereocenters. The number of hydrogen-bond acceptors (Lipinski definition) is 4. The lowest BCUT2D eigenvalue weighted by molar-refractivity contribution is 0.0256. The molecule has 1 saturated heterocycles. The predicted octanol–water partition coefficient (Wildman–Crippen LogP) is 2.19. The molecule has 2 unspecified atom stereocenters. The number of oxime groups is 1. The van der Waals surface area contributed by atoms with Gasteiger partial charge < -0.3 is 20.6 Å². The van der Waals surface area contributed by atoms with Crippen molar-refractivity contribution in [2.24, 2.45) is 10.9 Å². The molecule has 0 aromatic heterocycles. The van der Waals surface area contributed by atoms with Crippen LogP contribution in [0.15, 0.2) is 23.4 Å². The van der Waals surface area contributed by atoms with Crippen LogP contribution < -0.4 is 10.6 Å². The average Bonchev–Trinajstić information content (AvgIpc) is 2.94. The highest BCUT2D eigenvalue weighted by atomic mass is 35.5. The second kappa shape index (κ2) is 5.50. The third-order valence-electron chi connectivity index (χ3n) is 4.15. The zero-order valence-corrected chi connectivity index (χ0v) is 11.9. The van der Waals surface area contributed by atoms with Crippen LogP contribution >= 0.6 is 11.6 Å². The molecule has 2 aliphatic rings. The molecule has 0 amide bonds. The van der Waals surface area contributed by atoms with Gasteiger partial charge in [0.25, 0.3) is 0 Å². The van der Waals surface area contributed by atoms with E-state index in [1.54, 1.807) is 6.07 Å². The summed E-state index contributed by atoms with van der Waals surface area (Å²) >= 11 is 6.24. The summed E-state index contributed by atoms with van der Waals surface area (Å²) in [5.74, 6) is 0.0299. The molecule has 0 spiro atoms. The van der Waals surface area contributed by atoms with Gasteiger partial charge in [-0.05, 0) is 37.5 Å². The molecule has 108 valence electrons. The highest BCUT2D eigenvalue weighted by Crippen LogP contribution is 2.34. The van der Waals surface area contributed by atoms with Crippen LogP contribution in [-0.4, -0.2) is 36.3 Å². The molecule has 6 heteroatoms. The predicted molar refractivity (Wildman–Crippen MR) is 78.7 cm³/mol. The number of morpholine rings is 1. The lowest BCUT2D eigenvalue weighted by atomic mass is 10.1. The van der Waals surface area contributed by atoms with Crippen molar-refractivity contribution >= 4 is 23.1 Å². The number of anilines is 1. The highest BCUT2D eigenvalue weighted by molar-refractivity contribution is 6.34. The molecule has 1 saturated carbocycles. The summed E-state index contributed by atoms with van der Waals surface area (Å²) in [5, 5.41) is 12.2. The highest BCUT2D eigenvalue weighted by Gasteiger charge is 2.36. The van der Waals surface area contributed by atoms with Gasteiger partial charge in [-0.2, -0.15) is 0 Å². The summed E-state index contributed by atoms with van der Waals surface area (Å²) in [7, 11) is 0. The lowest BCUT2D eigenvalue weighted by Crippen LogP contribution is -2.48. The van der Waals surface area contributed by atoms with Crippen molar-refractivity contribution in [1.29, 1.82) is 0 Å². The zero-order valence-electron chi connectivity index (χ0n) is 11.1. The smallest absolute Gasteiger partial charge is 0.171 e. The first-order valence-electron chi connectivity index (χ1n) is 6.86. The maximum absolute atomic E-state index is 8.73. The molecule has 1 aromatic rings. The normalized spacial score (nSPS) is 26.6. The van der Waals surface area contributed by atoms with Gasteiger partial charge in [-0.3, -0.25) is 0 Å². The fourth-order valence-corrected chi connectivity index (χ4v) is 3.46. The molecule has 3 rings (SSSR count). The van der Waals surface area contributed by atoms with E-state index in [1.807, 2.05) is 12.1 Å². The Kier molecular flexibility index (Phi) is 3.72. The summed E-state index contributed by atoms with van der Waals surface area (Å²) < 4.78 is 5.82. The molecule has 1 aromatic carbocycles. The molecule has 1 heterocycles. The second-order valence-corrected chi connectivity index (χ2v) is 5.66. The van der Waals surface area contributed by atoms with Gasteiger partial charge in [-0.15, -0.1) is 0 Å². The Hall–Kier alpha value is -1.46. The number of halogens is 1. The van der Waals surface area contributed by atoms with E-state index < -0.39 is 0 Å². The molecule has 5 nitrogen and oxygen atoms in total. The van der Waals surface area contributed by atoms with Crippen molar-refractivity contribution in [3.05, 3.63) is 28.8 Å². The van der Waals surface area contributed by atoms with Gasteiger partial charge >= 0.3 is 0 Å². The minimum atomic E-state index is 0.0299.